The number of thioether (sulfide) groups is 1. The van der Waals surface area contributed by atoms with Gasteiger partial charge in [-0.2, -0.15) is 0 Å². The standard InChI is InChI=1S/C22H26F3N3O3S/c1-2-30-19(29)8-7-15-12-32-21(27-15)18-10-13-9-16(31-22(23,24)25)11-17(20(13)28-18)26-14-5-3-4-6-14/h9-11,14-15,26,28H,2-8,12H2,1H3/t15-/m1/s1. The molecule has 1 aromatic carbocycles. The molecule has 1 fully saturated rings. The first-order chi connectivity index (χ1) is 15.3. The molecule has 0 bridgehead atoms. The topological polar surface area (TPSA) is 75.7 Å². The van der Waals surface area contributed by atoms with Crippen LogP contribution in [-0.2, 0) is 9.53 Å². The second-order valence-electron chi connectivity index (χ2n) is 8.03. The lowest BCUT2D eigenvalue weighted by Gasteiger charge is -2.16. The van der Waals surface area contributed by atoms with E-state index in [9.17, 15) is 18.0 Å². The van der Waals surface area contributed by atoms with Gasteiger partial charge in [0.2, 0.25) is 0 Å². The predicted octanol–water partition coefficient (Wildman–Crippen LogP) is 5.63. The van der Waals surface area contributed by atoms with Crippen LogP contribution in [0.3, 0.4) is 0 Å². The molecule has 2 aliphatic rings. The Morgan fingerprint density at radius 2 is 2.06 bits per heavy atom. The third kappa shape index (κ3) is 5.70. The van der Waals surface area contributed by atoms with Crippen LogP contribution in [0.5, 0.6) is 5.75 Å². The maximum Gasteiger partial charge on any atom is 0.573 e. The van der Waals surface area contributed by atoms with Crippen molar-refractivity contribution in [3.63, 3.8) is 0 Å². The zero-order valence-corrected chi connectivity index (χ0v) is 18.6. The predicted molar refractivity (Wildman–Crippen MR) is 120 cm³/mol. The van der Waals surface area contributed by atoms with Gasteiger partial charge in [-0.1, -0.05) is 12.8 Å². The molecule has 2 heterocycles. The Kier molecular flexibility index (Phi) is 6.88. The van der Waals surface area contributed by atoms with Crippen molar-refractivity contribution in [2.75, 3.05) is 17.7 Å². The summed E-state index contributed by atoms with van der Waals surface area (Å²) in [4.78, 5) is 19.6. The number of rotatable bonds is 8. The molecule has 10 heteroatoms. The van der Waals surface area contributed by atoms with Gasteiger partial charge in [0, 0.05) is 29.7 Å². The smallest absolute Gasteiger partial charge is 0.466 e. The lowest BCUT2D eigenvalue weighted by molar-refractivity contribution is -0.274. The number of fused-ring (bicyclic) bond motifs is 1. The normalized spacial score (nSPS) is 19.4. The molecule has 0 spiro atoms. The van der Waals surface area contributed by atoms with Gasteiger partial charge in [-0.15, -0.1) is 24.9 Å². The van der Waals surface area contributed by atoms with Gasteiger partial charge in [0.1, 0.15) is 10.8 Å². The molecule has 2 aromatic rings. The molecule has 1 saturated carbocycles. The fourth-order valence-electron chi connectivity index (χ4n) is 4.16. The van der Waals surface area contributed by atoms with E-state index in [4.69, 9.17) is 9.73 Å². The Bertz CT molecular complexity index is 999. The van der Waals surface area contributed by atoms with Gasteiger partial charge < -0.3 is 19.8 Å². The number of nitrogens with one attached hydrogen (secondary N) is 2. The largest absolute Gasteiger partial charge is 0.573 e. The number of hydrogen-bond donors (Lipinski definition) is 2. The minimum absolute atomic E-state index is 0.00558. The van der Waals surface area contributed by atoms with E-state index in [1.165, 1.54) is 12.1 Å². The molecule has 4 rings (SSSR count). The first kappa shape index (κ1) is 22.8. The van der Waals surface area contributed by atoms with Crippen LogP contribution < -0.4 is 10.1 Å². The summed E-state index contributed by atoms with van der Waals surface area (Å²) in [5.74, 6) is 0.274. The Morgan fingerprint density at radius 1 is 1.28 bits per heavy atom. The number of aromatic amines is 1. The lowest BCUT2D eigenvalue weighted by atomic mass is 10.1. The summed E-state index contributed by atoms with van der Waals surface area (Å²) in [6.07, 6.45) is 0.360. The maximum atomic E-state index is 12.8. The monoisotopic (exact) mass is 469 g/mol. The summed E-state index contributed by atoms with van der Waals surface area (Å²) in [6.45, 7) is 2.13. The minimum atomic E-state index is -4.75. The molecule has 174 valence electrons. The number of halogens is 3. The quantitative estimate of drug-likeness (QED) is 0.491. The molecule has 32 heavy (non-hydrogen) atoms. The number of esters is 1. The SMILES string of the molecule is CCOC(=O)CC[C@@H]1CSC(c2cc3cc(OC(F)(F)F)cc(NC4CCCC4)c3[nH]2)=N1. The molecule has 0 saturated heterocycles. The average Bonchev–Trinajstić information content (AvgIpc) is 3.45. The first-order valence-corrected chi connectivity index (χ1v) is 11.8. The van der Waals surface area contributed by atoms with E-state index >= 15 is 0 Å². The highest BCUT2D eigenvalue weighted by Gasteiger charge is 2.32. The van der Waals surface area contributed by atoms with Crippen molar-refractivity contribution in [3.8, 4) is 5.75 Å². The van der Waals surface area contributed by atoms with Crippen molar-refractivity contribution < 1.29 is 27.4 Å². The van der Waals surface area contributed by atoms with Gasteiger partial charge >= 0.3 is 12.3 Å². The summed E-state index contributed by atoms with van der Waals surface area (Å²) >= 11 is 1.57. The number of nitrogens with zero attached hydrogens (tertiary/aromatic N) is 1. The number of carbonyl (C=O) groups excluding carboxylic acids is 1. The van der Waals surface area contributed by atoms with Crippen molar-refractivity contribution in [2.24, 2.45) is 4.99 Å². The number of anilines is 1. The number of ether oxygens (including phenoxy) is 2. The molecule has 1 aromatic heterocycles. The molecule has 1 aliphatic carbocycles. The lowest BCUT2D eigenvalue weighted by Crippen LogP contribution is -2.18. The summed E-state index contributed by atoms with van der Waals surface area (Å²) in [5, 5.41) is 4.81. The van der Waals surface area contributed by atoms with Crippen LogP contribution >= 0.6 is 11.8 Å². The fourth-order valence-corrected chi connectivity index (χ4v) is 5.24. The second-order valence-corrected chi connectivity index (χ2v) is 9.04. The molecular formula is C22H26F3N3O3S. The Balaban J connectivity index is 1.57. The number of hydrogen-bond acceptors (Lipinski definition) is 6. The van der Waals surface area contributed by atoms with E-state index in [1.54, 1.807) is 24.8 Å². The Labute approximate surface area is 188 Å². The fraction of sp³-hybridized carbons (Fsp3) is 0.545. The summed E-state index contributed by atoms with van der Waals surface area (Å²) in [5.41, 5.74) is 2.09. The van der Waals surface area contributed by atoms with Gasteiger partial charge in [0.15, 0.2) is 0 Å². The zero-order valence-electron chi connectivity index (χ0n) is 17.8. The average molecular weight is 470 g/mol. The van der Waals surface area contributed by atoms with E-state index < -0.39 is 6.36 Å². The first-order valence-electron chi connectivity index (χ1n) is 10.9. The van der Waals surface area contributed by atoms with E-state index in [0.717, 1.165) is 47.7 Å². The molecule has 6 nitrogen and oxygen atoms in total. The van der Waals surface area contributed by atoms with Crippen molar-refractivity contribution in [2.45, 2.75) is 63.9 Å². The summed E-state index contributed by atoms with van der Waals surface area (Å²) < 4.78 is 47.7. The van der Waals surface area contributed by atoms with Crippen molar-refractivity contribution in [1.29, 1.82) is 0 Å². The van der Waals surface area contributed by atoms with Crippen LogP contribution in [0.1, 0.15) is 51.1 Å². The third-order valence-electron chi connectivity index (χ3n) is 5.58. The minimum Gasteiger partial charge on any atom is -0.466 e. The van der Waals surface area contributed by atoms with Crippen LogP contribution in [-0.4, -0.2) is 46.8 Å². The van der Waals surface area contributed by atoms with E-state index in [-0.39, 0.29) is 23.8 Å². The third-order valence-corrected chi connectivity index (χ3v) is 6.73. The van der Waals surface area contributed by atoms with Crippen LogP contribution in [0.25, 0.3) is 10.9 Å². The number of alkyl halides is 3. The van der Waals surface area contributed by atoms with Crippen LogP contribution in [0.2, 0.25) is 0 Å². The zero-order chi connectivity index (χ0) is 22.7. The van der Waals surface area contributed by atoms with E-state index in [1.807, 2.05) is 0 Å². The molecule has 0 amide bonds. The number of benzene rings is 1. The highest BCUT2D eigenvalue weighted by molar-refractivity contribution is 8.14. The molecule has 1 aliphatic heterocycles. The number of H-pyrrole nitrogens is 1. The van der Waals surface area contributed by atoms with Gasteiger partial charge in [-0.3, -0.25) is 9.79 Å². The van der Waals surface area contributed by atoms with Gasteiger partial charge in [0.05, 0.1) is 29.5 Å². The van der Waals surface area contributed by atoms with Crippen molar-refractivity contribution in [1.82, 2.24) is 4.98 Å². The van der Waals surface area contributed by atoms with Crippen LogP contribution in [0.15, 0.2) is 23.2 Å². The van der Waals surface area contributed by atoms with Crippen LogP contribution in [0.4, 0.5) is 18.9 Å². The Morgan fingerprint density at radius 3 is 2.78 bits per heavy atom. The molecule has 0 unspecified atom stereocenters. The molecule has 2 N–H and O–H groups in total. The molecular weight excluding hydrogens is 443 g/mol. The molecule has 0 radical (unpaired) electrons. The Hall–Kier alpha value is -2.36. The van der Waals surface area contributed by atoms with Crippen molar-refractivity contribution >= 4 is 39.4 Å². The number of aliphatic imine (C=N–C) groups is 1. The maximum absolute atomic E-state index is 12.8. The van der Waals surface area contributed by atoms with E-state index in [2.05, 4.69) is 15.0 Å². The highest BCUT2D eigenvalue weighted by Crippen LogP contribution is 2.36. The summed E-state index contributed by atoms with van der Waals surface area (Å²) in [6, 6.07) is 4.83. The second kappa shape index (κ2) is 9.64. The van der Waals surface area contributed by atoms with Gasteiger partial charge in [-0.05, 0) is 38.3 Å². The van der Waals surface area contributed by atoms with Crippen molar-refractivity contribution in [3.05, 3.63) is 23.9 Å². The van der Waals surface area contributed by atoms with Gasteiger partial charge in [-0.25, -0.2) is 0 Å². The number of carbonyl (C=O) groups is 1. The molecule has 1 atom stereocenters. The number of aromatic nitrogens is 1. The van der Waals surface area contributed by atoms with Gasteiger partial charge in [0.25, 0.3) is 0 Å². The van der Waals surface area contributed by atoms with E-state index in [0.29, 0.717) is 30.5 Å². The highest BCUT2D eigenvalue weighted by atomic mass is 32.2. The summed E-state index contributed by atoms with van der Waals surface area (Å²) in [7, 11) is 0. The van der Waals surface area contributed by atoms with Crippen LogP contribution in [0, 0.1) is 0 Å².